The molecule has 0 spiro atoms. The fourth-order valence-corrected chi connectivity index (χ4v) is 3.69. The van der Waals surface area contributed by atoms with Gasteiger partial charge in [0.2, 0.25) is 0 Å². The maximum atomic E-state index is 12.6. The number of thiazole rings is 1. The number of fused-ring (bicyclic) bond motifs is 1. The van der Waals surface area contributed by atoms with Crippen molar-refractivity contribution in [1.82, 2.24) is 14.3 Å². The highest BCUT2D eigenvalue weighted by Crippen LogP contribution is 2.23. The number of aromatic nitrogens is 3. The summed E-state index contributed by atoms with van der Waals surface area (Å²) in [5.41, 5.74) is 1.03. The Kier molecular flexibility index (Phi) is 5.93. The molecule has 8 nitrogen and oxygen atoms in total. The maximum Gasteiger partial charge on any atom is 0.326 e. The first kappa shape index (κ1) is 19.8. The molecule has 0 saturated heterocycles. The fourth-order valence-electron chi connectivity index (χ4n) is 2.64. The average molecular weight is 402 g/mol. The highest BCUT2D eigenvalue weighted by Gasteiger charge is 2.15. The van der Waals surface area contributed by atoms with Gasteiger partial charge in [0.1, 0.15) is 12.3 Å². The smallest absolute Gasteiger partial charge is 0.326 e. The van der Waals surface area contributed by atoms with Gasteiger partial charge in [0, 0.05) is 12.2 Å². The van der Waals surface area contributed by atoms with E-state index in [0.29, 0.717) is 10.6 Å². The highest BCUT2D eigenvalue weighted by atomic mass is 32.1. The van der Waals surface area contributed by atoms with E-state index in [1.807, 2.05) is 26.0 Å². The lowest BCUT2D eigenvalue weighted by Gasteiger charge is -2.05. The molecule has 0 aliphatic heterocycles. The van der Waals surface area contributed by atoms with Crippen LogP contribution >= 0.6 is 11.3 Å². The Morgan fingerprint density at radius 1 is 1.29 bits per heavy atom. The van der Waals surface area contributed by atoms with Crippen molar-refractivity contribution in [3.8, 4) is 5.75 Å². The van der Waals surface area contributed by atoms with Crippen molar-refractivity contribution in [3.05, 3.63) is 41.0 Å². The van der Waals surface area contributed by atoms with Crippen molar-refractivity contribution < 1.29 is 19.1 Å². The molecule has 0 N–H and O–H groups in total. The van der Waals surface area contributed by atoms with E-state index in [1.54, 1.807) is 41.6 Å². The molecule has 1 aromatic carbocycles. The first-order valence-electron chi connectivity index (χ1n) is 8.90. The second-order valence-electron chi connectivity index (χ2n) is 6.30. The van der Waals surface area contributed by atoms with E-state index >= 15 is 0 Å². The standard InChI is InChI=1S/C19H22N4O4S/c1-5-27-17(24)11-22-15-7-6-13(26-4)10-16(15)28-19(22)20-18(25)14-8-9-23(21-14)12(2)3/h6-10,12H,5,11H2,1-4H3. The number of hydrogen-bond acceptors (Lipinski definition) is 6. The van der Waals surface area contributed by atoms with Gasteiger partial charge < -0.3 is 14.0 Å². The van der Waals surface area contributed by atoms with Crippen molar-refractivity contribution in [2.75, 3.05) is 13.7 Å². The van der Waals surface area contributed by atoms with E-state index in [4.69, 9.17) is 9.47 Å². The zero-order valence-corrected chi connectivity index (χ0v) is 17.0. The first-order chi connectivity index (χ1) is 13.4. The number of amides is 1. The van der Waals surface area contributed by atoms with E-state index in [-0.39, 0.29) is 24.9 Å². The first-order valence-corrected chi connectivity index (χ1v) is 9.71. The Balaban J connectivity index is 2.07. The topological polar surface area (TPSA) is 87.7 Å². The van der Waals surface area contributed by atoms with Gasteiger partial charge in [0.25, 0.3) is 5.91 Å². The van der Waals surface area contributed by atoms with Gasteiger partial charge in [0.15, 0.2) is 10.5 Å². The second-order valence-corrected chi connectivity index (χ2v) is 7.31. The van der Waals surface area contributed by atoms with Gasteiger partial charge in [-0.2, -0.15) is 10.1 Å². The number of hydrogen-bond donors (Lipinski definition) is 0. The summed E-state index contributed by atoms with van der Waals surface area (Å²) >= 11 is 1.30. The predicted octanol–water partition coefficient (Wildman–Crippen LogP) is 2.79. The quantitative estimate of drug-likeness (QED) is 0.592. The zero-order chi connectivity index (χ0) is 20.3. The van der Waals surface area contributed by atoms with Crippen LogP contribution in [0.3, 0.4) is 0 Å². The molecule has 3 aromatic rings. The number of ether oxygens (including phenoxy) is 2. The molecule has 148 valence electrons. The molecule has 2 aromatic heterocycles. The summed E-state index contributed by atoms with van der Waals surface area (Å²) in [7, 11) is 1.58. The Hall–Kier alpha value is -2.94. The minimum atomic E-state index is -0.462. The largest absolute Gasteiger partial charge is 0.497 e. The molecule has 0 unspecified atom stereocenters. The van der Waals surface area contributed by atoms with Crippen LogP contribution in [-0.2, 0) is 16.1 Å². The molecule has 1 amide bonds. The Morgan fingerprint density at radius 3 is 2.71 bits per heavy atom. The minimum Gasteiger partial charge on any atom is -0.497 e. The van der Waals surface area contributed by atoms with Crippen molar-refractivity contribution in [2.24, 2.45) is 4.99 Å². The molecular weight excluding hydrogens is 380 g/mol. The molecule has 2 heterocycles. The molecular formula is C19H22N4O4S. The molecule has 3 rings (SSSR count). The van der Waals surface area contributed by atoms with E-state index in [2.05, 4.69) is 10.1 Å². The van der Waals surface area contributed by atoms with Crippen LogP contribution in [0.4, 0.5) is 0 Å². The third-order valence-corrected chi connectivity index (χ3v) is 5.08. The van der Waals surface area contributed by atoms with Gasteiger partial charge >= 0.3 is 5.97 Å². The molecule has 0 saturated carbocycles. The molecule has 28 heavy (non-hydrogen) atoms. The van der Waals surface area contributed by atoms with Crippen molar-refractivity contribution in [2.45, 2.75) is 33.4 Å². The second kappa shape index (κ2) is 8.39. The number of benzene rings is 1. The van der Waals surface area contributed by atoms with Crippen LogP contribution < -0.4 is 9.54 Å². The summed E-state index contributed by atoms with van der Waals surface area (Å²) in [6.07, 6.45) is 1.75. The highest BCUT2D eigenvalue weighted by molar-refractivity contribution is 7.16. The van der Waals surface area contributed by atoms with Crippen LogP contribution in [0, 0.1) is 0 Å². The SMILES string of the molecule is CCOC(=O)Cn1c(=NC(=O)c2ccn(C(C)C)n2)sc2cc(OC)ccc21. The molecule has 0 bridgehead atoms. The summed E-state index contributed by atoms with van der Waals surface area (Å²) < 4.78 is 14.5. The van der Waals surface area contributed by atoms with Crippen LogP contribution in [0.1, 0.15) is 37.3 Å². The molecule has 0 aliphatic carbocycles. The summed E-state index contributed by atoms with van der Waals surface area (Å²) in [4.78, 5) is 29.3. The number of esters is 1. The van der Waals surface area contributed by atoms with E-state index in [1.165, 1.54) is 11.3 Å². The Labute approximate surface area is 166 Å². The number of nitrogens with zero attached hydrogens (tertiary/aromatic N) is 4. The number of methoxy groups -OCH3 is 1. The van der Waals surface area contributed by atoms with Crippen LogP contribution in [0.5, 0.6) is 5.75 Å². The summed E-state index contributed by atoms with van der Waals surface area (Å²) in [5.74, 6) is -0.169. The van der Waals surface area contributed by atoms with E-state index in [9.17, 15) is 9.59 Å². The van der Waals surface area contributed by atoms with Gasteiger partial charge in [-0.3, -0.25) is 14.3 Å². The summed E-state index contributed by atoms with van der Waals surface area (Å²) in [6.45, 7) is 5.95. The fraction of sp³-hybridized carbons (Fsp3) is 0.368. The van der Waals surface area contributed by atoms with E-state index < -0.39 is 11.9 Å². The third-order valence-electron chi connectivity index (χ3n) is 4.04. The summed E-state index contributed by atoms with van der Waals surface area (Å²) in [6, 6.07) is 7.26. The van der Waals surface area contributed by atoms with Gasteiger partial charge in [-0.1, -0.05) is 11.3 Å². The van der Waals surface area contributed by atoms with Crippen molar-refractivity contribution in [3.63, 3.8) is 0 Å². The Bertz CT molecular complexity index is 1080. The van der Waals surface area contributed by atoms with Gasteiger partial charge in [-0.25, -0.2) is 0 Å². The van der Waals surface area contributed by atoms with Crippen LogP contribution in [-0.4, -0.2) is 39.9 Å². The minimum absolute atomic E-state index is 0.0350. The maximum absolute atomic E-state index is 12.6. The lowest BCUT2D eigenvalue weighted by Crippen LogP contribution is -2.23. The number of carbonyl (C=O) groups is 2. The average Bonchev–Trinajstić information content (AvgIpc) is 3.27. The molecule has 0 fully saturated rings. The molecule has 0 atom stereocenters. The lowest BCUT2D eigenvalue weighted by molar-refractivity contribution is -0.143. The van der Waals surface area contributed by atoms with Gasteiger partial charge in [-0.15, -0.1) is 0 Å². The predicted molar refractivity (Wildman–Crippen MR) is 106 cm³/mol. The van der Waals surface area contributed by atoms with Crippen LogP contribution in [0.15, 0.2) is 35.5 Å². The molecule has 0 aliphatic rings. The molecule has 0 radical (unpaired) electrons. The van der Waals surface area contributed by atoms with E-state index in [0.717, 1.165) is 10.2 Å². The normalized spacial score (nSPS) is 12.0. The van der Waals surface area contributed by atoms with Crippen LogP contribution in [0.2, 0.25) is 0 Å². The zero-order valence-electron chi connectivity index (χ0n) is 16.2. The van der Waals surface area contributed by atoms with Crippen molar-refractivity contribution in [1.29, 1.82) is 0 Å². The van der Waals surface area contributed by atoms with Gasteiger partial charge in [-0.05, 0) is 45.0 Å². The van der Waals surface area contributed by atoms with Crippen LogP contribution in [0.25, 0.3) is 10.2 Å². The molecule has 9 heteroatoms. The van der Waals surface area contributed by atoms with Gasteiger partial charge in [0.05, 0.1) is 23.9 Å². The summed E-state index contributed by atoms with van der Waals surface area (Å²) in [5, 5.41) is 4.26. The monoisotopic (exact) mass is 402 g/mol. The van der Waals surface area contributed by atoms with Crippen molar-refractivity contribution >= 4 is 33.4 Å². The lowest BCUT2D eigenvalue weighted by atomic mass is 10.3. The third kappa shape index (κ3) is 4.14. The number of rotatable bonds is 6. The number of carbonyl (C=O) groups excluding carboxylic acids is 2. The Morgan fingerprint density at radius 2 is 2.07 bits per heavy atom.